The van der Waals surface area contributed by atoms with E-state index in [4.69, 9.17) is 5.73 Å². The highest BCUT2D eigenvalue weighted by molar-refractivity contribution is 8.04. The molecule has 6 nitrogen and oxygen atoms in total. The molecule has 7 rings (SSSR count). The molecule has 1 aromatic heterocycles. The number of carbonyl (C=O) groups excluding carboxylic acids is 2. The van der Waals surface area contributed by atoms with Gasteiger partial charge in [-0.15, -0.1) is 11.8 Å². The van der Waals surface area contributed by atoms with E-state index < -0.39 is 0 Å². The number of hydrogen-bond donors (Lipinski definition) is 3. The minimum Gasteiger partial charge on any atom is -0.359 e. The Hall–Kier alpha value is -1.83. The smallest absolute Gasteiger partial charge is 0.200 e. The second-order valence-electron chi connectivity index (χ2n) is 7.90. The van der Waals surface area contributed by atoms with E-state index in [1.807, 2.05) is 12.3 Å². The van der Waals surface area contributed by atoms with Crippen molar-refractivity contribution in [2.24, 2.45) is 11.1 Å². The predicted octanol–water partition coefficient (Wildman–Crippen LogP) is 0.377. The number of Topliss-reactive ketones (excluding diaryl/α,β-unsaturated/α-hetero) is 1. The Morgan fingerprint density at radius 1 is 1.36 bits per heavy atom. The van der Waals surface area contributed by atoms with Gasteiger partial charge in [-0.3, -0.25) is 14.9 Å². The van der Waals surface area contributed by atoms with Crippen LogP contribution in [0.5, 0.6) is 0 Å². The molecule has 4 N–H and O–H groups in total. The second kappa shape index (κ2) is 3.79. The van der Waals surface area contributed by atoms with Crippen LogP contribution in [0.3, 0.4) is 0 Å². The van der Waals surface area contributed by atoms with Gasteiger partial charge in [-0.05, 0) is 30.1 Å². The third kappa shape index (κ3) is 1.19. The molecule has 5 heterocycles. The fraction of sp³-hybridized carbons (Fsp3) is 0.444. The largest absolute Gasteiger partial charge is 0.359 e. The number of nitrogens with one attached hydrogen (secondary N) is 2. The monoisotopic (exact) mass is 352 g/mol. The fourth-order valence-electron chi connectivity index (χ4n) is 6.10. The molecule has 2 fully saturated rings. The second-order valence-corrected chi connectivity index (χ2v) is 9.14. The van der Waals surface area contributed by atoms with Gasteiger partial charge >= 0.3 is 0 Å². The van der Waals surface area contributed by atoms with Crippen LogP contribution in [0.2, 0.25) is 0 Å². The van der Waals surface area contributed by atoms with Gasteiger partial charge in [-0.25, -0.2) is 0 Å². The van der Waals surface area contributed by atoms with E-state index >= 15 is 0 Å². The average molecular weight is 352 g/mol. The van der Waals surface area contributed by atoms with E-state index in [0.29, 0.717) is 5.69 Å². The van der Waals surface area contributed by atoms with Crippen LogP contribution in [0.4, 0.5) is 0 Å². The third-order valence-corrected chi connectivity index (χ3v) is 8.34. The molecule has 5 unspecified atom stereocenters. The zero-order valence-electron chi connectivity index (χ0n) is 13.3. The molecule has 126 valence electrons. The Balaban J connectivity index is 1.67. The topological polar surface area (TPSA) is 91.2 Å². The molecule has 25 heavy (non-hydrogen) atoms. The van der Waals surface area contributed by atoms with Crippen molar-refractivity contribution < 1.29 is 9.59 Å². The van der Waals surface area contributed by atoms with Crippen LogP contribution in [0.1, 0.15) is 28.0 Å². The van der Waals surface area contributed by atoms with Crippen molar-refractivity contribution >= 4 is 29.0 Å². The summed E-state index contributed by atoms with van der Waals surface area (Å²) in [5.74, 6) is 0.240. The summed E-state index contributed by atoms with van der Waals surface area (Å²) in [7, 11) is 0. The van der Waals surface area contributed by atoms with E-state index in [0.717, 1.165) is 41.1 Å². The molecule has 2 aliphatic carbocycles. The first-order valence-electron chi connectivity index (χ1n) is 8.81. The van der Waals surface area contributed by atoms with Crippen LogP contribution in [0.15, 0.2) is 22.8 Å². The summed E-state index contributed by atoms with van der Waals surface area (Å²) in [6, 6.07) is -0.896. The summed E-state index contributed by atoms with van der Waals surface area (Å²) in [5.41, 5.74) is 11.6. The number of aromatic amines is 1. The molecule has 2 saturated heterocycles. The third-order valence-electron chi connectivity index (χ3n) is 7.02. The van der Waals surface area contributed by atoms with Crippen LogP contribution in [-0.4, -0.2) is 51.5 Å². The maximum absolute atomic E-state index is 13.2. The Labute approximate surface area is 147 Å². The van der Waals surface area contributed by atoms with Gasteiger partial charge < -0.3 is 15.6 Å². The van der Waals surface area contributed by atoms with Crippen molar-refractivity contribution in [2.75, 3.05) is 6.54 Å². The minimum atomic E-state index is -0.338. The van der Waals surface area contributed by atoms with Gasteiger partial charge in [0.15, 0.2) is 5.78 Å². The molecule has 4 aliphatic heterocycles. The molecule has 3 bridgehead atoms. The predicted molar refractivity (Wildman–Crippen MR) is 92.7 cm³/mol. The molecule has 6 aliphatic rings. The standard InChI is InChI=1S/C18H16N4O2S/c19-17-14-7(23)3-8-18(17)4-9(25-8)21-13-11(18)15-10-6(1-2-22(14)15)5-20-12(10)16(13)24/h3,5,9,13-14,17,20-21H,1-2,4,19H2. The van der Waals surface area contributed by atoms with Gasteiger partial charge in [-0.2, -0.15) is 0 Å². The summed E-state index contributed by atoms with van der Waals surface area (Å²) in [4.78, 5) is 32.6. The highest BCUT2D eigenvalue weighted by atomic mass is 32.2. The number of fused-ring (bicyclic) bond motifs is 3. The fourth-order valence-corrected chi connectivity index (χ4v) is 7.68. The quantitative estimate of drug-likeness (QED) is 0.625. The van der Waals surface area contributed by atoms with E-state index in [1.54, 1.807) is 11.8 Å². The number of aromatic nitrogens is 1. The number of H-pyrrole nitrogens is 1. The van der Waals surface area contributed by atoms with Crippen molar-refractivity contribution in [3.63, 3.8) is 0 Å². The molecule has 1 spiro atoms. The lowest BCUT2D eigenvalue weighted by Crippen LogP contribution is -2.70. The Morgan fingerprint density at radius 3 is 3.12 bits per heavy atom. The Bertz CT molecular complexity index is 991. The first-order valence-corrected chi connectivity index (χ1v) is 9.69. The molecule has 5 atom stereocenters. The van der Waals surface area contributed by atoms with Crippen LogP contribution in [0, 0.1) is 5.41 Å². The normalized spacial score (nSPS) is 42.1. The van der Waals surface area contributed by atoms with Gasteiger partial charge in [0.25, 0.3) is 0 Å². The Morgan fingerprint density at radius 2 is 2.24 bits per heavy atom. The highest BCUT2D eigenvalue weighted by Crippen LogP contribution is 2.66. The number of nitrogens with zero attached hydrogens (tertiary/aromatic N) is 1. The van der Waals surface area contributed by atoms with Crippen LogP contribution in [-0.2, 0) is 11.2 Å². The number of hydrogen-bond acceptors (Lipinski definition) is 6. The van der Waals surface area contributed by atoms with E-state index in [2.05, 4.69) is 15.2 Å². The van der Waals surface area contributed by atoms with Crippen molar-refractivity contribution in [1.29, 1.82) is 0 Å². The van der Waals surface area contributed by atoms with Gasteiger partial charge in [0.1, 0.15) is 6.04 Å². The summed E-state index contributed by atoms with van der Waals surface area (Å²) < 4.78 is 0. The Kier molecular flexibility index (Phi) is 2.03. The number of thioether (sulfide) groups is 1. The molecular formula is C18H16N4O2S. The van der Waals surface area contributed by atoms with Gasteiger partial charge in [0.05, 0.1) is 17.1 Å². The maximum Gasteiger partial charge on any atom is 0.200 e. The van der Waals surface area contributed by atoms with E-state index in [9.17, 15) is 9.59 Å². The average Bonchev–Trinajstić information content (AvgIpc) is 3.13. The molecule has 0 radical (unpaired) electrons. The van der Waals surface area contributed by atoms with E-state index in [1.165, 1.54) is 5.56 Å². The van der Waals surface area contributed by atoms with Gasteiger partial charge in [0.2, 0.25) is 5.78 Å². The van der Waals surface area contributed by atoms with E-state index in [-0.39, 0.29) is 40.5 Å². The number of carbonyl (C=O) groups is 2. The van der Waals surface area contributed by atoms with Crippen LogP contribution < -0.4 is 11.1 Å². The zero-order chi connectivity index (χ0) is 16.7. The summed E-state index contributed by atoms with van der Waals surface area (Å²) >= 11 is 1.69. The summed E-state index contributed by atoms with van der Waals surface area (Å²) in [6.07, 6.45) is 5.50. The van der Waals surface area contributed by atoms with Crippen molar-refractivity contribution in [3.05, 3.63) is 39.6 Å². The zero-order valence-corrected chi connectivity index (χ0v) is 14.2. The number of nitrogens with two attached hydrogens (primary N) is 1. The van der Waals surface area contributed by atoms with Gasteiger partial charge in [-0.1, -0.05) is 0 Å². The number of rotatable bonds is 0. The number of ketones is 2. The lowest BCUT2D eigenvalue weighted by Gasteiger charge is -2.58. The SMILES string of the molecule is NC1C2C(=O)C=C3SC4CC31C1=C3c5c(c[nH]c5C(=O)C1N4)CCN32. The molecule has 7 heteroatoms. The molecular weight excluding hydrogens is 336 g/mol. The van der Waals surface area contributed by atoms with Crippen molar-refractivity contribution in [1.82, 2.24) is 15.2 Å². The first-order chi connectivity index (χ1) is 12.1. The number of piperidine rings is 1. The highest BCUT2D eigenvalue weighted by Gasteiger charge is 2.67. The molecule has 0 amide bonds. The lowest BCUT2D eigenvalue weighted by atomic mass is 9.56. The molecule has 1 aromatic rings. The van der Waals surface area contributed by atoms with Crippen LogP contribution in [0.25, 0.3) is 5.70 Å². The van der Waals surface area contributed by atoms with Gasteiger partial charge in [0, 0.05) is 40.4 Å². The molecule has 0 aromatic carbocycles. The maximum atomic E-state index is 13.2. The summed E-state index contributed by atoms with van der Waals surface area (Å²) in [6.45, 7) is 0.782. The minimum absolute atomic E-state index is 0.119. The summed E-state index contributed by atoms with van der Waals surface area (Å²) in [5, 5.41) is 3.68. The van der Waals surface area contributed by atoms with Crippen molar-refractivity contribution in [2.45, 2.75) is 36.3 Å². The van der Waals surface area contributed by atoms with Crippen molar-refractivity contribution in [3.8, 4) is 0 Å². The van der Waals surface area contributed by atoms with Crippen LogP contribution >= 0.6 is 11.8 Å². The molecule has 0 saturated carbocycles. The lowest BCUT2D eigenvalue weighted by molar-refractivity contribution is -0.121. The first kappa shape index (κ1) is 13.4.